The topological polar surface area (TPSA) is 20.2 Å². The molecular weight excluding hydrogens is 100 g/mol. The van der Waals surface area contributed by atoms with E-state index in [1.54, 1.807) is 0 Å². The van der Waals surface area contributed by atoms with Gasteiger partial charge in [-0.2, -0.15) is 0 Å². The lowest BCUT2D eigenvalue weighted by Crippen LogP contribution is -2.01. The average molecular weight is 112 g/mol. The first kappa shape index (κ1) is 5.83. The van der Waals surface area contributed by atoms with E-state index in [1.165, 1.54) is 0 Å². The number of hydrogen-bond donors (Lipinski definition) is 1. The summed E-state index contributed by atoms with van der Waals surface area (Å²) in [4.78, 5) is 0. The maximum atomic E-state index is 9.18. The average Bonchev–Trinajstić information content (AvgIpc) is 2.15. The normalized spacial score (nSPS) is 44.0. The van der Waals surface area contributed by atoms with Gasteiger partial charge in [-0.25, -0.2) is 0 Å². The van der Waals surface area contributed by atoms with E-state index in [4.69, 9.17) is 0 Å². The van der Waals surface area contributed by atoms with E-state index in [1.807, 2.05) is 13.0 Å². The third kappa shape index (κ3) is 0.920. The van der Waals surface area contributed by atoms with Crippen LogP contribution in [0.5, 0.6) is 0 Å². The molecule has 0 bridgehead atoms. The summed E-state index contributed by atoms with van der Waals surface area (Å²) in [6.45, 7) is 5.47. The summed E-state index contributed by atoms with van der Waals surface area (Å²) in [5.74, 6) is 0.500. The van der Waals surface area contributed by atoms with Gasteiger partial charge in [-0.3, -0.25) is 0 Å². The fourth-order valence-electron chi connectivity index (χ4n) is 0.978. The minimum atomic E-state index is -0.353. The van der Waals surface area contributed by atoms with Gasteiger partial charge in [0.15, 0.2) is 0 Å². The van der Waals surface area contributed by atoms with Gasteiger partial charge in [0, 0.05) is 0 Å². The summed E-state index contributed by atoms with van der Waals surface area (Å²) in [6.07, 6.45) is 3.79. The zero-order chi connectivity index (χ0) is 6.20. The van der Waals surface area contributed by atoms with Crippen molar-refractivity contribution in [3.05, 3.63) is 12.7 Å². The summed E-state index contributed by atoms with van der Waals surface area (Å²) < 4.78 is 0. The smallest absolute Gasteiger partial charge is 0.0655 e. The first-order valence-electron chi connectivity index (χ1n) is 3.00. The lowest BCUT2D eigenvalue weighted by molar-refractivity contribution is 0.152. The third-order valence-electron chi connectivity index (χ3n) is 1.83. The zero-order valence-electron chi connectivity index (χ0n) is 5.22. The molecule has 1 aliphatic carbocycles. The molecule has 2 unspecified atom stereocenters. The van der Waals surface area contributed by atoms with Gasteiger partial charge in [0.05, 0.1) is 5.60 Å². The first-order chi connectivity index (χ1) is 3.67. The molecule has 0 aromatic rings. The molecule has 46 valence electrons. The number of allylic oxidation sites excluding steroid dienone is 1. The summed E-state index contributed by atoms with van der Waals surface area (Å²) in [6, 6.07) is 0. The molecule has 0 aliphatic heterocycles. The second-order valence-electron chi connectivity index (χ2n) is 2.78. The van der Waals surface area contributed by atoms with E-state index < -0.39 is 0 Å². The van der Waals surface area contributed by atoms with Crippen molar-refractivity contribution >= 4 is 0 Å². The van der Waals surface area contributed by atoms with Crippen LogP contribution in [0.3, 0.4) is 0 Å². The predicted octanol–water partition coefficient (Wildman–Crippen LogP) is 1.33. The molecule has 0 radical (unpaired) electrons. The van der Waals surface area contributed by atoms with Crippen molar-refractivity contribution in [1.29, 1.82) is 0 Å². The minimum Gasteiger partial charge on any atom is -0.390 e. The Kier molecular flexibility index (Phi) is 1.16. The largest absolute Gasteiger partial charge is 0.390 e. The van der Waals surface area contributed by atoms with Crippen molar-refractivity contribution in [2.75, 3.05) is 0 Å². The maximum absolute atomic E-state index is 9.18. The van der Waals surface area contributed by atoms with E-state index in [2.05, 4.69) is 6.58 Å². The Balaban J connectivity index is 2.26. The van der Waals surface area contributed by atoms with Crippen molar-refractivity contribution in [3.63, 3.8) is 0 Å². The Bertz CT molecular complexity index is 105. The van der Waals surface area contributed by atoms with Crippen molar-refractivity contribution < 1.29 is 5.11 Å². The van der Waals surface area contributed by atoms with E-state index >= 15 is 0 Å². The van der Waals surface area contributed by atoms with Crippen LogP contribution in [0.4, 0.5) is 0 Å². The zero-order valence-corrected chi connectivity index (χ0v) is 5.22. The lowest BCUT2D eigenvalue weighted by atomic mass is 10.2. The molecule has 1 rings (SSSR count). The molecule has 0 aromatic heterocycles. The molecule has 0 amide bonds. The molecule has 0 aromatic carbocycles. The van der Waals surface area contributed by atoms with Crippen LogP contribution >= 0.6 is 0 Å². The third-order valence-corrected chi connectivity index (χ3v) is 1.83. The van der Waals surface area contributed by atoms with Crippen molar-refractivity contribution in [3.8, 4) is 0 Å². The molecule has 1 heteroatoms. The van der Waals surface area contributed by atoms with E-state index in [0.717, 1.165) is 12.8 Å². The van der Waals surface area contributed by atoms with Gasteiger partial charge in [-0.15, -0.1) is 6.58 Å². The van der Waals surface area contributed by atoms with Gasteiger partial charge in [-0.1, -0.05) is 6.08 Å². The van der Waals surface area contributed by atoms with Crippen molar-refractivity contribution in [1.82, 2.24) is 0 Å². The van der Waals surface area contributed by atoms with Gasteiger partial charge in [0.1, 0.15) is 0 Å². The highest BCUT2D eigenvalue weighted by molar-refractivity contribution is 5.01. The fourth-order valence-corrected chi connectivity index (χ4v) is 0.978. The molecule has 0 heterocycles. The molecule has 1 nitrogen and oxygen atoms in total. The van der Waals surface area contributed by atoms with Crippen LogP contribution in [0.1, 0.15) is 19.8 Å². The summed E-state index contributed by atoms with van der Waals surface area (Å²) >= 11 is 0. The standard InChI is InChI=1S/C7H12O/c1-3-4-6-5-7(6,2)8/h3,6,8H,1,4-5H2,2H3. The Morgan fingerprint density at radius 3 is 2.62 bits per heavy atom. The molecular formula is C7H12O. The quantitative estimate of drug-likeness (QED) is 0.534. The first-order valence-corrected chi connectivity index (χ1v) is 3.00. The SMILES string of the molecule is C=CCC1CC1(C)O. The number of rotatable bonds is 2. The highest BCUT2D eigenvalue weighted by Crippen LogP contribution is 2.45. The Labute approximate surface area is 50.0 Å². The summed E-state index contributed by atoms with van der Waals surface area (Å²) in [5.41, 5.74) is -0.353. The Hall–Kier alpha value is -0.300. The molecule has 1 aliphatic rings. The van der Waals surface area contributed by atoms with Crippen LogP contribution in [0, 0.1) is 5.92 Å². The predicted molar refractivity (Wildman–Crippen MR) is 33.5 cm³/mol. The Morgan fingerprint density at radius 1 is 2.00 bits per heavy atom. The molecule has 1 N–H and O–H groups in total. The second-order valence-corrected chi connectivity index (χ2v) is 2.78. The van der Waals surface area contributed by atoms with Gasteiger partial charge >= 0.3 is 0 Å². The van der Waals surface area contributed by atoms with Gasteiger partial charge in [0.2, 0.25) is 0 Å². The van der Waals surface area contributed by atoms with Crippen LogP contribution in [-0.2, 0) is 0 Å². The van der Waals surface area contributed by atoms with Crippen LogP contribution in [0.15, 0.2) is 12.7 Å². The number of aliphatic hydroxyl groups is 1. The van der Waals surface area contributed by atoms with Crippen LogP contribution in [0.25, 0.3) is 0 Å². The highest BCUT2D eigenvalue weighted by Gasteiger charge is 2.47. The molecule has 1 fully saturated rings. The second kappa shape index (κ2) is 1.59. The van der Waals surface area contributed by atoms with E-state index in [9.17, 15) is 5.11 Å². The maximum Gasteiger partial charge on any atom is 0.0655 e. The van der Waals surface area contributed by atoms with E-state index in [0.29, 0.717) is 5.92 Å². The summed E-state index contributed by atoms with van der Waals surface area (Å²) in [5, 5.41) is 9.18. The molecule has 2 atom stereocenters. The summed E-state index contributed by atoms with van der Waals surface area (Å²) in [7, 11) is 0. The van der Waals surface area contributed by atoms with E-state index in [-0.39, 0.29) is 5.60 Å². The van der Waals surface area contributed by atoms with Crippen molar-refractivity contribution in [2.45, 2.75) is 25.4 Å². The fraction of sp³-hybridized carbons (Fsp3) is 0.714. The van der Waals surface area contributed by atoms with Crippen LogP contribution in [0.2, 0.25) is 0 Å². The monoisotopic (exact) mass is 112 g/mol. The molecule has 0 saturated heterocycles. The van der Waals surface area contributed by atoms with Crippen LogP contribution in [-0.4, -0.2) is 10.7 Å². The van der Waals surface area contributed by atoms with Crippen LogP contribution < -0.4 is 0 Å². The Morgan fingerprint density at radius 2 is 2.50 bits per heavy atom. The molecule has 8 heavy (non-hydrogen) atoms. The molecule has 0 spiro atoms. The van der Waals surface area contributed by atoms with Gasteiger partial charge < -0.3 is 5.11 Å². The van der Waals surface area contributed by atoms with Gasteiger partial charge in [-0.05, 0) is 25.7 Å². The van der Waals surface area contributed by atoms with Crippen molar-refractivity contribution in [2.24, 2.45) is 5.92 Å². The molecule has 1 saturated carbocycles. The lowest BCUT2D eigenvalue weighted by Gasteiger charge is -1.96. The number of hydrogen-bond acceptors (Lipinski definition) is 1. The minimum absolute atomic E-state index is 0.353. The highest BCUT2D eigenvalue weighted by atomic mass is 16.3. The van der Waals surface area contributed by atoms with Gasteiger partial charge in [0.25, 0.3) is 0 Å².